The summed E-state index contributed by atoms with van der Waals surface area (Å²) in [5.41, 5.74) is 1.11. The van der Waals surface area contributed by atoms with Crippen molar-refractivity contribution < 1.29 is 14.6 Å². The van der Waals surface area contributed by atoms with E-state index in [0.29, 0.717) is 13.0 Å². The number of aliphatic hydroxyl groups is 1. The van der Waals surface area contributed by atoms with Crippen molar-refractivity contribution in [3.63, 3.8) is 0 Å². The zero-order chi connectivity index (χ0) is 16.2. The van der Waals surface area contributed by atoms with Crippen LogP contribution in [0.3, 0.4) is 0 Å². The zero-order valence-electron chi connectivity index (χ0n) is 14.3. The molecule has 2 atom stereocenters. The quantitative estimate of drug-likeness (QED) is 0.722. The predicted molar refractivity (Wildman–Crippen MR) is 103 cm³/mol. The number of methoxy groups -OCH3 is 1. The number of anilines is 1. The number of carbonyl (C=O) groups is 1. The number of para-hydroxylation sites is 2. The van der Waals surface area contributed by atoms with Crippen LogP contribution in [0.2, 0.25) is 0 Å². The third-order valence-electron chi connectivity index (χ3n) is 4.69. The van der Waals surface area contributed by atoms with E-state index in [2.05, 4.69) is 21.6 Å². The molecule has 25 heavy (non-hydrogen) atoms. The van der Waals surface area contributed by atoms with E-state index in [1.54, 1.807) is 7.11 Å². The average molecular weight is 392 g/mol. The average Bonchev–Trinajstić information content (AvgIpc) is 3.02. The van der Waals surface area contributed by atoms with Gasteiger partial charge in [-0.3, -0.25) is 4.79 Å². The van der Waals surface area contributed by atoms with E-state index in [1.165, 1.54) is 0 Å². The summed E-state index contributed by atoms with van der Waals surface area (Å²) >= 11 is 0. The van der Waals surface area contributed by atoms with Gasteiger partial charge >= 0.3 is 0 Å². The van der Waals surface area contributed by atoms with Crippen LogP contribution in [0.1, 0.15) is 19.3 Å². The van der Waals surface area contributed by atoms with E-state index in [9.17, 15) is 9.90 Å². The lowest BCUT2D eigenvalue weighted by Crippen LogP contribution is -2.49. The minimum Gasteiger partial charge on any atom is -0.495 e. The van der Waals surface area contributed by atoms with Crippen molar-refractivity contribution in [3.8, 4) is 5.75 Å². The lowest BCUT2D eigenvalue weighted by Gasteiger charge is -2.35. The molecule has 0 aliphatic carbocycles. The molecule has 0 aromatic heterocycles. The minimum absolute atomic E-state index is 0. The Morgan fingerprint density at radius 1 is 1.28 bits per heavy atom. The summed E-state index contributed by atoms with van der Waals surface area (Å²) in [5.74, 6) is 0.899. The standard InChI is InChI=1S/C17H25N3O3.2ClH/c1-23-16-5-3-2-4-15(16)20-8-6-12(7-9-20)19-17(22)14-10-13(21)11-18-14;;/h2-5,12-14,18,21H,6-11H2,1H3,(H,19,22);2*1H. The van der Waals surface area contributed by atoms with Crippen LogP contribution in [-0.4, -0.2) is 55.9 Å². The van der Waals surface area contributed by atoms with Crippen molar-refractivity contribution in [1.29, 1.82) is 0 Å². The van der Waals surface area contributed by atoms with Gasteiger partial charge in [0.15, 0.2) is 0 Å². The zero-order valence-corrected chi connectivity index (χ0v) is 15.9. The van der Waals surface area contributed by atoms with Crippen LogP contribution in [0, 0.1) is 0 Å². The molecule has 8 heteroatoms. The Morgan fingerprint density at radius 3 is 2.56 bits per heavy atom. The highest BCUT2D eigenvalue weighted by molar-refractivity contribution is 5.85. The van der Waals surface area contributed by atoms with E-state index in [1.807, 2.05) is 18.2 Å². The Balaban J connectivity index is 0.00000156. The summed E-state index contributed by atoms with van der Waals surface area (Å²) < 4.78 is 5.42. The molecule has 2 saturated heterocycles. The molecule has 1 amide bonds. The summed E-state index contributed by atoms with van der Waals surface area (Å²) in [4.78, 5) is 14.5. The second-order valence-corrected chi connectivity index (χ2v) is 6.29. The van der Waals surface area contributed by atoms with Gasteiger partial charge in [0.2, 0.25) is 5.91 Å². The molecule has 0 saturated carbocycles. The Kier molecular flexibility index (Phi) is 8.79. The second kappa shape index (κ2) is 10.1. The highest BCUT2D eigenvalue weighted by Gasteiger charge is 2.30. The molecule has 6 nitrogen and oxygen atoms in total. The van der Waals surface area contributed by atoms with E-state index >= 15 is 0 Å². The smallest absolute Gasteiger partial charge is 0.237 e. The molecule has 142 valence electrons. The number of hydrogen-bond donors (Lipinski definition) is 3. The van der Waals surface area contributed by atoms with Crippen molar-refractivity contribution in [2.75, 3.05) is 31.6 Å². The maximum Gasteiger partial charge on any atom is 0.237 e. The molecule has 1 aromatic rings. The Labute approximate surface area is 161 Å². The molecule has 0 radical (unpaired) electrons. The molecule has 0 bridgehead atoms. The largest absolute Gasteiger partial charge is 0.495 e. The van der Waals surface area contributed by atoms with Gasteiger partial charge in [-0.05, 0) is 31.4 Å². The van der Waals surface area contributed by atoms with Gasteiger partial charge in [0.1, 0.15) is 5.75 Å². The first-order valence-electron chi connectivity index (χ1n) is 8.27. The molecular formula is C17H27Cl2N3O3. The van der Waals surface area contributed by atoms with E-state index < -0.39 is 6.10 Å². The SMILES string of the molecule is COc1ccccc1N1CCC(NC(=O)C2CC(O)CN2)CC1.Cl.Cl. The molecule has 3 N–H and O–H groups in total. The monoisotopic (exact) mass is 391 g/mol. The molecule has 2 aliphatic heterocycles. The van der Waals surface area contributed by atoms with Gasteiger partial charge in [-0.15, -0.1) is 24.8 Å². The summed E-state index contributed by atoms with van der Waals surface area (Å²) in [6.45, 7) is 2.29. The predicted octanol–water partition coefficient (Wildman–Crippen LogP) is 1.35. The van der Waals surface area contributed by atoms with E-state index in [4.69, 9.17) is 4.74 Å². The van der Waals surface area contributed by atoms with Crippen molar-refractivity contribution in [1.82, 2.24) is 10.6 Å². The number of hydrogen-bond acceptors (Lipinski definition) is 5. The highest BCUT2D eigenvalue weighted by atomic mass is 35.5. The third-order valence-corrected chi connectivity index (χ3v) is 4.69. The fourth-order valence-electron chi connectivity index (χ4n) is 3.37. The van der Waals surface area contributed by atoms with Gasteiger partial charge in [-0.1, -0.05) is 12.1 Å². The van der Waals surface area contributed by atoms with Gasteiger partial charge in [-0.2, -0.15) is 0 Å². The summed E-state index contributed by atoms with van der Waals surface area (Å²) in [6.07, 6.45) is 1.93. The molecule has 1 aromatic carbocycles. The molecule has 2 aliphatic rings. The number of amides is 1. The Hall–Kier alpha value is -1.21. The number of aliphatic hydroxyl groups excluding tert-OH is 1. The third kappa shape index (κ3) is 5.38. The van der Waals surface area contributed by atoms with Crippen molar-refractivity contribution >= 4 is 36.4 Å². The fraction of sp³-hybridized carbons (Fsp3) is 0.588. The van der Waals surface area contributed by atoms with Gasteiger partial charge in [-0.25, -0.2) is 0 Å². The first-order chi connectivity index (χ1) is 11.2. The fourth-order valence-corrected chi connectivity index (χ4v) is 3.37. The normalized spacial score (nSPS) is 23.4. The van der Waals surface area contributed by atoms with Crippen LogP contribution in [0.15, 0.2) is 24.3 Å². The van der Waals surface area contributed by atoms with Crippen LogP contribution in [0.25, 0.3) is 0 Å². The first kappa shape index (κ1) is 21.8. The van der Waals surface area contributed by atoms with Crippen molar-refractivity contribution in [2.24, 2.45) is 0 Å². The van der Waals surface area contributed by atoms with Crippen molar-refractivity contribution in [2.45, 2.75) is 37.5 Å². The van der Waals surface area contributed by atoms with E-state index in [0.717, 1.165) is 37.4 Å². The summed E-state index contributed by atoms with van der Waals surface area (Å²) in [5, 5.41) is 15.7. The maximum atomic E-state index is 12.2. The molecule has 3 rings (SSSR count). The van der Waals surface area contributed by atoms with Gasteiger partial charge in [0, 0.05) is 25.7 Å². The van der Waals surface area contributed by atoms with Gasteiger partial charge in [0.25, 0.3) is 0 Å². The van der Waals surface area contributed by atoms with E-state index in [-0.39, 0.29) is 42.8 Å². The number of halogens is 2. The number of carbonyl (C=O) groups excluding carboxylic acids is 1. The Morgan fingerprint density at radius 2 is 1.96 bits per heavy atom. The van der Waals surface area contributed by atoms with Gasteiger partial charge in [0.05, 0.1) is 24.9 Å². The molecule has 0 spiro atoms. The molecule has 2 unspecified atom stereocenters. The highest BCUT2D eigenvalue weighted by Crippen LogP contribution is 2.29. The van der Waals surface area contributed by atoms with Crippen molar-refractivity contribution in [3.05, 3.63) is 24.3 Å². The molecule has 2 heterocycles. The minimum atomic E-state index is -0.404. The molecular weight excluding hydrogens is 365 g/mol. The van der Waals surface area contributed by atoms with Gasteiger partial charge < -0.3 is 25.4 Å². The lowest BCUT2D eigenvalue weighted by molar-refractivity contribution is -0.123. The number of nitrogens with one attached hydrogen (secondary N) is 2. The number of ether oxygens (including phenoxy) is 1. The van der Waals surface area contributed by atoms with Crippen LogP contribution < -0.4 is 20.3 Å². The second-order valence-electron chi connectivity index (χ2n) is 6.29. The number of benzene rings is 1. The maximum absolute atomic E-state index is 12.2. The Bertz CT molecular complexity index is 554. The number of nitrogens with zero attached hydrogens (tertiary/aromatic N) is 1. The number of piperidine rings is 1. The van der Waals surface area contributed by atoms with Crippen LogP contribution in [-0.2, 0) is 4.79 Å². The first-order valence-corrected chi connectivity index (χ1v) is 8.27. The van der Waals surface area contributed by atoms with Crippen LogP contribution in [0.5, 0.6) is 5.75 Å². The summed E-state index contributed by atoms with van der Waals surface area (Å²) in [7, 11) is 1.69. The lowest BCUT2D eigenvalue weighted by atomic mass is 10.0. The number of rotatable bonds is 4. The summed E-state index contributed by atoms with van der Waals surface area (Å²) in [6, 6.07) is 7.98. The van der Waals surface area contributed by atoms with Crippen LogP contribution >= 0.6 is 24.8 Å². The topological polar surface area (TPSA) is 73.8 Å². The van der Waals surface area contributed by atoms with Crippen LogP contribution in [0.4, 0.5) is 5.69 Å². The number of β-amino-alcohol motifs (C(OH)–C–C–N with tert-alkyl or cyclic N) is 1. The molecule has 2 fully saturated rings.